The number of carbonyl (C=O) groups is 1. The second-order valence-electron chi connectivity index (χ2n) is 7.43. The van der Waals surface area contributed by atoms with Crippen LogP contribution < -0.4 is 18.9 Å². The molecule has 0 atom stereocenters. The minimum Gasteiger partial charge on any atom is -0.496 e. The zero-order valence-corrected chi connectivity index (χ0v) is 19.5. The normalized spacial score (nSPS) is 12.7. The van der Waals surface area contributed by atoms with Gasteiger partial charge in [-0.3, -0.25) is 14.9 Å². The Balaban J connectivity index is 1.37. The average molecular weight is 495 g/mol. The van der Waals surface area contributed by atoms with Gasteiger partial charge in [0, 0.05) is 36.7 Å². The zero-order valence-electron chi connectivity index (χ0n) is 18.7. The first-order chi connectivity index (χ1) is 16.3. The topological polar surface area (TPSA) is 143 Å². The number of non-ortho nitro benzene ring substituents is 1. The molecule has 12 heteroatoms. The molecule has 0 saturated heterocycles. The van der Waals surface area contributed by atoms with Crippen LogP contribution >= 0.6 is 0 Å². The molecule has 0 aliphatic carbocycles. The van der Waals surface area contributed by atoms with Gasteiger partial charge in [-0.05, 0) is 31.0 Å². The van der Waals surface area contributed by atoms with Crippen molar-refractivity contribution in [3.8, 4) is 17.2 Å². The van der Waals surface area contributed by atoms with Gasteiger partial charge in [-0.25, -0.2) is 13.1 Å². The molecule has 1 N–H and O–H groups in total. The Morgan fingerprint density at radius 1 is 1.09 bits per heavy atom. The van der Waals surface area contributed by atoms with Crippen molar-refractivity contribution in [3.63, 3.8) is 0 Å². The van der Waals surface area contributed by atoms with E-state index in [0.717, 1.165) is 0 Å². The summed E-state index contributed by atoms with van der Waals surface area (Å²) in [5.74, 6) is 0.852. The Kier molecular flexibility index (Phi) is 8.66. The molecule has 0 aromatic heterocycles. The standard InChI is InChI=1S/C22H26N2O9S/c1-30-19-8-6-17(24(26)27)13-16(19)15-33-22(25)5-3-2-4-10-23-34(28,29)18-7-9-20-21(14-18)32-12-11-31-20/h6-9,13-14,23H,2-5,10-12,15H2,1H3. The maximum atomic E-state index is 12.5. The molecule has 184 valence electrons. The fourth-order valence-corrected chi connectivity index (χ4v) is 4.36. The van der Waals surface area contributed by atoms with Gasteiger partial charge in [0.25, 0.3) is 5.69 Å². The molecule has 0 saturated carbocycles. The number of fused-ring (bicyclic) bond motifs is 1. The molecule has 2 aromatic carbocycles. The number of ether oxygens (including phenoxy) is 4. The Morgan fingerprint density at radius 2 is 1.85 bits per heavy atom. The van der Waals surface area contributed by atoms with Crippen LogP contribution in [0.2, 0.25) is 0 Å². The maximum Gasteiger partial charge on any atom is 0.306 e. The van der Waals surface area contributed by atoms with E-state index >= 15 is 0 Å². The van der Waals surface area contributed by atoms with Crippen LogP contribution in [-0.2, 0) is 26.2 Å². The number of nitro groups is 1. The Labute approximate surface area is 197 Å². The van der Waals surface area contributed by atoms with Crippen molar-refractivity contribution in [2.75, 3.05) is 26.9 Å². The summed E-state index contributed by atoms with van der Waals surface area (Å²) < 4.78 is 48.6. The molecule has 2 aromatic rings. The van der Waals surface area contributed by atoms with Crippen LogP contribution in [0.1, 0.15) is 31.2 Å². The number of carbonyl (C=O) groups excluding carboxylic acids is 1. The molecule has 34 heavy (non-hydrogen) atoms. The first-order valence-corrected chi connectivity index (χ1v) is 12.1. The van der Waals surface area contributed by atoms with Crippen LogP contribution in [-0.4, -0.2) is 46.2 Å². The lowest BCUT2D eigenvalue weighted by Gasteiger charge is -2.18. The second-order valence-corrected chi connectivity index (χ2v) is 9.19. The number of benzene rings is 2. The highest BCUT2D eigenvalue weighted by Gasteiger charge is 2.19. The second kappa shape index (κ2) is 11.7. The van der Waals surface area contributed by atoms with Gasteiger partial charge >= 0.3 is 5.97 Å². The predicted molar refractivity (Wildman–Crippen MR) is 121 cm³/mol. The summed E-state index contributed by atoms with van der Waals surface area (Å²) in [5.41, 5.74) is 0.282. The molecule has 3 rings (SSSR count). The quantitative estimate of drug-likeness (QED) is 0.204. The lowest BCUT2D eigenvalue weighted by atomic mass is 10.2. The number of esters is 1. The van der Waals surface area contributed by atoms with Crippen molar-refractivity contribution in [1.29, 1.82) is 0 Å². The van der Waals surface area contributed by atoms with Gasteiger partial charge in [0.2, 0.25) is 10.0 Å². The molecule has 1 heterocycles. The third-order valence-corrected chi connectivity index (χ3v) is 6.50. The smallest absolute Gasteiger partial charge is 0.306 e. The predicted octanol–water partition coefficient (Wildman–Crippen LogP) is 2.96. The summed E-state index contributed by atoms with van der Waals surface area (Å²) in [5, 5.41) is 10.9. The van der Waals surface area contributed by atoms with E-state index in [1.54, 1.807) is 6.07 Å². The number of rotatable bonds is 12. The number of unbranched alkanes of at least 4 members (excludes halogenated alkanes) is 2. The average Bonchev–Trinajstić information content (AvgIpc) is 2.84. The number of nitro benzene ring substituents is 1. The van der Waals surface area contributed by atoms with E-state index in [2.05, 4.69) is 4.72 Å². The molecule has 0 amide bonds. The van der Waals surface area contributed by atoms with Crippen LogP contribution in [0.3, 0.4) is 0 Å². The van der Waals surface area contributed by atoms with E-state index in [-0.39, 0.29) is 30.2 Å². The van der Waals surface area contributed by atoms with Gasteiger partial charge < -0.3 is 18.9 Å². The van der Waals surface area contributed by atoms with Crippen molar-refractivity contribution < 1.29 is 37.1 Å². The first-order valence-electron chi connectivity index (χ1n) is 10.7. The Hall–Kier alpha value is -3.38. The van der Waals surface area contributed by atoms with E-state index in [4.69, 9.17) is 18.9 Å². The van der Waals surface area contributed by atoms with E-state index in [1.165, 1.54) is 37.4 Å². The molecule has 0 radical (unpaired) electrons. The number of nitrogens with zero attached hydrogens (tertiary/aromatic N) is 1. The summed E-state index contributed by atoms with van der Waals surface area (Å²) in [6.45, 7) is 0.870. The van der Waals surface area contributed by atoms with E-state index in [9.17, 15) is 23.3 Å². The highest BCUT2D eigenvalue weighted by atomic mass is 32.2. The maximum absolute atomic E-state index is 12.5. The molecular formula is C22H26N2O9S. The van der Waals surface area contributed by atoms with Gasteiger partial charge in [0.1, 0.15) is 25.6 Å². The molecule has 0 spiro atoms. The fraction of sp³-hybridized carbons (Fsp3) is 0.409. The minimum absolute atomic E-state index is 0.0944. The van der Waals surface area contributed by atoms with Gasteiger partial charge in [-0.2, -0.15) is 0 Å². The summed E-state index contributed by atoms with van der Waals surface area (Å²) in [6, 6.07) is 8.53. The summed E-state index contributed by atoms with van der Waals surface area (Å²) in [4.78, 5) is 22.5. The van der Waals surface area contributed by atoms with Crippen molar-refractivity contribution >= 4 is 21.7 Å². The number of hydrogen-bond acceptors (Lipinski definition) is 9. The van der Waals surface area contributed by atoms with E-state index in [0.29, 0.717) is 55.3 Å². The van der Waals surface area contributed by atoms with Crippen molar-refractivity contribution in [2.24, 2.45) is 0 Å². The summed E-state index contributed by atoms with van der Waals surface area (Å²) >= 11 is 0. The van der Waals surface area contributed by atoms with Crippen molar-refractivity contribution in [2.45, 2.75) is 37.2 Å². The molecule has 1 aliphatic heterocycles. The van der Waals surface area contributed by atoms with Gasteiger partial charge in [-0.1, -0.05) is 6.42 Å². The highest BCUT2D eigenvalue weighted by Crippen LogP contribution is 2.32. The first kappa shape index (κ1) is 25.2. The Morgan fingerprint density at radius 3 is 2.59 bits per heavy atom. The minimum atomic E-state index is -3.69. The van der Waals surface area contributed by atoms with Crippen LogP contribution in [0.15, 0.2) is 41.3 Å². The molecule has 11 nitrogen and oxygen atoms in total. The van der Waals surface area contributed by atoms with Crippen molar-refractivity contribution in [1.82, 2.24) is 4.72 Å². The molecule has 0 unspecified atom stereocenters. The van der Waals surface area contributed by atoms with Crippen LogP contribution in [0.5, 0.6) is 17.2 Å². The van der Waals surface area contributed by atoms with Gasteiger partial charge in [0.05, 0.1) is 16.9 Å². The van der Waals surface area contributed by atoms with E-state index < -0.39 is 20.9 Å². The van der Waals surface area contributed by atoms with Crippen LogP contribution in [0.4, 0.5) is 5.69 Å². The summed E-state index contributed by atoms with van der Waals surface area (Å²) in [7, 11) is -2.26. The monoisotopic (exact) mass is 494 g/mol. The SMILES string of the molecule is COc1ccc([N+](=O)[O-])cc1COC(=O)CCCCCNS(=O)(=O)c1ccc2c(c1)OCCO2. The molecule has 0 bridgehead atoms. The lowest BCUT2D eigenvalue weighted by molar-refractivity contribution is -0.385. The van der Waals surface area contributed by atoms with Gasteiger partial charge in [0.15, 0.2) is 11.5 Å². The molecule has 0 fully saturated rings. The highest BCUT2D eigenvalue weighted by molar-refractivity contribution is 7.89. The largest absolute Gasteiger partial charge is 0.496 e. The fourth-order valence-electron chi connectivity index (χ4n) is 3.27. The summed E-state index contributed by atoms with van der Waals surface area (Å²) in [6.07, 6.45) is 1.80. The number of sulfonamides is 1. The van der Waals surface area contributed by atoms with Crippen LogP contribution in [0.25, 0.3) is 0 Å². The molecular weight excluding hydrogens is 468 g/mol. The Bertz CT molecular complexity index is 1140. The van der Waals surface area contributed by atoms with Crippen LogP contribution in [0, 0.1) is 10.1 Å². The zero-order chi connectivity index (χ0) is 24.6. The third kappa shape index (κ3) is 6.81. The number of hydrogen-bond donors (Lipinski definition) is 1. The molecule has 1 aliphatic rings. The number of nitrogens with one attached hydrogen (secondary N) is 1. The van der Waals surface area contributed by atoms with Gasteiger partial charge in [-0.15, -0.1) is 0 Å². The lowest BCUT2D eigenvalue weighted by Crippen LogP contribution is -2.25. The third-order valence-electron chi connectivity index (χ3n) is 5.04. The number of methoxy groups -OCH3 is 1. The van der Waals surface area contributed by atoms with Crippen molar-refractivity contribution in [3.05, 3.63) is 52.1 Å². The van der Waals surface area contributed by atoms with E-state index in [1.807, 2.05) is 0 Å².